The molecule has 0 saturated heterocycles. The van der Waals surface area contributed by atoms with Crippen molar-refractivity contribution in [3.8, 4) is 0 Å². The maximum atomic E-state index is 11.2. The van der Waals surface area contributed by atoms with Crippen LogP contribution in [0.4, 0.5) is 0 Å². The number of nitrogens with one attached hydrogen (secondary N) is 1. The molecule has 1 amide bonds. The van der Waals surface area contributed by atoms with Gasteiger partial charge in [-0.05, 0) is 39.0 Å². The van der Waals surface area contributed by atoms with Crippen LogP contribution in [0, 0.1) is 0 Å². The Bertz CT molecular complexity index is 364. The Morgan fingerprint density at radius 2 is 1.27 bits per heavy atom. The maximum absolute atomic E-state index is 11.2. The molecule has 2 nitrogen and oxygen atoms in total. The molecule has 0 atom stereocenters. The number of unbranched alkanes of at least 4 members (excludes halogenated alkanes) is 2. The molecule has 0 aromatic rings. The van der Waals surface area contributed by atoms with Crippen LogP contribution in [0.3, 0.4) is 0 Å². The lowest BCUT2D eigenvalue weighted by molar-refractivity contribution is -0.120. The lowest BCUT2D eigenvalue weighted by Crippen LogP contribution is -2.21. The van der Waals surface area contributed by atoms with Crippen molar-refractivity contribution in [2.45, 2.75) is 65.2 Å². The molecule has 0 fully saturated rings. The average molecular weight is 303 g/mol. The first-order chi connectivity index (χ1) is 10.8. The molecule has 0 saturated carbocycles. The number of hydrogen-bond acceptors (Lipinski definition) is 1. The van der Waals surface area contributed by atoms with Crippen LogP contribution in [0.25, 0.3) is 0 Å². The topological polar surface area (TPSA) is 29.1 Å². The highest BCUT2D eigenvalue weighted by molar-refractivity contribution is 5.75. The maximum Gasteiger partial charge on any atom is 0.220 e. The zero-order chi connectivity index (χ0) is 16.3. The van der Waals surface area contributed by atoms with Crippen LogP contribution in [-0.2, 0) is 4.79 Å². The van der Waals surface area contributed by atoms with Crippen molar-refractivity contribution in [1.82, 2.24) is 5.32 Å². The summed E-state index contributed by atoms with van der Waals surface area (Å²) in [4.78, 5) is 11.2. The molecule has 124 valence electrons. The minimum atomic E-state index is 0.136. The fraction of sp³-hybridized carbons (Fsp3) is 0.550. The Morgan fingerprint density at radius 1 is 0.773 bits per heavy atom. The Kier molecular flexibility index (Phi) is 16.2. The largest absolute Gasteiger partial charge is 0.356 e. The van der Waals surface area contributed by atoms with Crippen molar-refractivity contribution in [3.63, 3.8) is 0 Å². The zero-order valence-corrected chi connectivity index (χ0v) is 14.4. The van der Waals surface area contributed by atoms with Gasteiger partial charge in [-0.2, -0.15) is 0 Å². The molecule has 0 unspecified atom stereocenters. The van der Waals surface area contributed by atoms with Gasteiger partial charge in [0.25, 0.3) is 0 Å². The van der Waals surface area contributed by atoms with Crippen molar-refractivity contribution >= 4 is 5.91 Å². The smallest absolute Gasteiger partial charge is 0.220 e. The zero-order valence-electron chi connectivity index (χ0n) is 14.4. The fourth-order valence-corrected chi connectivity index (χ4v) is 1.87. The van der Waals surface area contributed by atoms with E-state index in [-0.39, 0.29) is 5.91 Å². The van der Waals surface area contributed by atoms with Gasteiger partial charge in [-0.3, -0.25) is 4.79 Å². The van der Waals surface area contributed by atoms with Gasteiger partial charge >= 0.3 is 0 Å². The van der Waals surface area contributed by atoms with Gasteiger partial charge in [-0.25, -0.2) is 0 Å². The van der Waals surface area contributed by atoms with Gasteiger partial charge in [0.1, 0.15) is 0 Å². The molecule has 0 aromatic carbocycles. The normalized spacial score (nSPS) is 12.3. The molecule has 0 bridgehead atoms. The summed E-state index contributed by atoms with van der Waals surface area (Å²) in [6.07, 6.45) is 25.7. The number of carbonyl (C=O) groups is 1. The molecule has 22 heavy (non-hydrogen) atoms. The fourth-order valence-electron chi connectivity index (χ4n) is 1.87. The quantitative estimate of drug-likeness (QED) is 0.354. The van der Waals surface area contributed by atoms with E-state index in [4.69, 9.17) is 0 Å². The highest BCUT2D eigenvalue weighted by Gasteiger charge is 1.94. The van der Waals surface area contributed by atoms with Crippen LogP contribution in [0.15, 0.2) is 48.6 Å². The lowest BCUT2D eigenvalue weighted by Gasteiger charge is -1.97. The van der Waals surface area contributed by atoms with Crippen LogP contribution >= 0.6 is 0 Å². The number of rotatable bonds is 13. The second-order valence-electron chi connectivity index (χ2n) is 5.23. The predicted molar refractivity (Wildman–Crippen MR) is 97.9 cm³/mol. The van der Waals surface area contributed by atoms with E-state index in [1.165, 1.54) is 19.3 Å². The molecule has 0 aromatic heterocycles. The molecular weight excluding hydrogens is 270 g/mol. The van der Waals surface area contributed by atoms with E-state index in [9.17, 15) is 4.79 Å². The molecule has 0 radical (unpaired) electrons. The van der Waals surface area contributed by atoms with E-state index in [2.05, 4.69) is 60.8 Å². The number of hydrogen-bond donors (Lipinski definition) is 1. The van der Waals surface area contributed by atoms with Crippen LogP contribution in [0.1, 0.15) is 65.2 Å². The van der Waals surface area contributed by atoms with Gasteiger partial charge in [-0.1, -0.05) is 68.4 Å². The van der Waals surface area contributed by atoms with Gasteiger partial charge in [0.05, 0.1) is 0 Å². The average Bonchev–Trinajstić information content (AvgIpc) is 2.51. The van der Waals surface area contributed by atoms with Crippen LogP contribution in [-0.4, -0.2) is 12.5 Å². The third kappa shape index (κ3) is 16.5. The summed E-state index contributed by atoms with van der Waals surface area (Å²) in [6.45, 7) is 4.88. The molecule has 0 aliphatic carbocycles. The van der Waals surface area contributed by atoms with Crippen molar-refractivity contribution in [2.75, 3.05) is 6.54 Å². The van der Waals surface area contributed by atoms with E-state index in [0.29, 0.717) is 13.0 Å². The standard InChI is InChI=1S/C20H33NO/c1-3-5-6-7-8-9-10-11-12-13-14-15-16-17-18-19-20(22)21-4-2/h7-8,10-11,13-14,16-17H,3-6,9,12,15,18-19H2,1-2H3,(H,21,22). The molecule has 0 heterocycles. The molecule has 0 aliphatic rings. The van der Waals surface area contributed by atoms with E-state index < -0.39 is 0 Å². The first-order valence-electron chi connectivity index (χ1n) is 8.67. The summed E-state index contributed by atoms with van der Waals surface area (Å²) in [7, 11) is 0. The van der Waals surface area contributed by atoms with E-state index in [1.807, 2.05) is 6.92 Å². The Balaban J connectivity index is 3.46. The Morgan fingerprint density at radius 3 is 1.77 bits per heavy atom. The first-order valence-corrected chi connectivity index (χ1v) is 8.67. The van der Waals surface area contributed by atoms with Gasteiger partial charge in [0, 0.05) is 13.0 Å². The number of amides is 1. The summed E-state index contributed by atoms with van der Waals surface area (Å²) in [6, 6.07) is 0. The van der Waals surface area contributed by atoms with Crippen molar-refractivity contribution < 1.29 is 4.79 Å². The molecule has 1 N–H and O–H groups in total. The SMILES string of the molecule is CCCCC=CCC=CCC=CCC=CCCC(=O)NCC. The molecule has 0 rings (SSSR count). The molecule has 2 heteroatoms. The lowest BCUT2D eigenvalue weighted by atomic mass is 10.2. The summed E-state index contributed by atoms with van der Waals surface area (Å²) in [5.41, 5.74) is 0. The van der Waals surface area contributed by atoms with E-state index in [1.54, 1.807) is 0 Å². The third-order valence-corrected chi connectivity index (χ3v) is 3.12. The first kappa shape index (κ1) is 20.4. The van der Waals surface area contributed by atoms with Crippen molar-refractivity contribution in [3.05, 3.63) is 48.6 Å². The minimum absolute atomic E-state index is 0.136. The van der Waals surface area contributed by atoms with Gasteiger partial charge in [0.2, 0.25) is 5.91 Å². The van der Waals surface area contributed by atoms with Gasteiger partial charge in [-0.15, -0.1) is 0 Å². The van der Waals surface area contributed by atoms with Crippen LogP contribution in [0.5, 0.6) is 0 Å². The second-order valence-corrected chi connectivity index (χ2v) is 5.23. The van der Waals surface area contributed by atoms with Gasteiger partial charge < -0.3 is 5.32 Å². The van der Waals surface area contributed by atoms with Crippen molar-refractivity contribution in [1.29, 1.82) is 0 Å². The minimum Gasteiger partial charge on any atom is -0.356 e. The number of allylic oxidation sites excluding steroid dienone is 8. The predicted octanol–water partition coefficient (Wildman–Crippen LogP) is 5.49. The van der Waals surface area contributed by atoms with E-state index >= 15 is 0 Å². The van der Waals surface area contributed by atoms with Crippen LogP contribution in [0.2, 0.25) is 0 Å². The molecule has 0 aliphatic heterocycles. The van der Waals surface area contributed by atoms with Crippen molar-refractivity contribution in [2.24, 2.45) is 0 Å². The Labute approximate surface area is 137 Å². The molecule has 0 spiro atoms. The Hall–Kier alpha value is -1.57. The number of carbonyl (C=O) groups excluding carboxylic acids is 1. The third-order valence-electron chi connectivity index (χ3n) is 3.12. The highest BCUT2D eigenvalue weighted by Crippen LogP contribution is 1.98. The summed E-state index contributed by atoms with van der Waals surface area (Å²) in [5, 5.41) is 2.80. The second kappa shape index (κ2) is 17.5. The summed E-state index contributed by atoms with van der Waals surface area (Å²) in [5.74, 6) is 0.136. The van der Waals surface area contributed by atoms with Gasteiger partial charge in [0.15, 0.2) is 0 Å². The highest BCUT2D eigenvalue weighted by atomic mass is 16.1. The molecular formula is C20H33NO. The summed E-state index contributed by atoms with van der Waals surface area (Å²) < 4.78 is 0. The summed E-state index contributed by atoms with van der Waals surface area (Å²) >= 11 is 0. The van der Waals surface area contributed by atoms with Crippen LogP contribution < -0.4 is 5.32 Å². The van der Waals surface area contributed by atoms with E-state index in [0.717, 1.165) is 25.7 Å². The monoisotopic (exact) mass is 303 g/mol.